The molecule has 4 nitrogen and oxygen atoms in total. The van der Waals surface area contributed by atoms with E-state index < -0.39 is 0 Å². The summed E-state index contributed by atoms with van der Waals surface area (Å²) in [7, 11) is 0. The predicted molar refractivity (Wildman–Crippen MR) is 58.3 cm³/mol. The van der Waals surface area contributed by atoms with Gasteiger partial charge in [0.05, 0.1) is 17.9 Å². The third kappa shape index (κ3) is 1.39. The predicted octanol–water partition coefficient (Wildman–Crippen LogP) is 0.651. The maximum absolute atomic E-state index is 12.0. The number of piperidine rings is 1. The highest BCUT2D eigenvalue weighted by atomic mass is 16.2. The highest BCUT2D eigenvalue weighted by molar-refractivity contribution is 6.09. The van der Waals surface area contributed by atoms with Crippen molar-refractivity contribution in [2.75, 3.05) is 0 Å². The van der Waals surface area contributed by atoms with E-state index in [0.29, 0.717) is 0 Å². The van der Waals surface area contributed by atoms with Crippen LogP contribution in [0, 0.1) is 11.8 Å². The molecule has 4 heteroatoms. The molecule has 2 amide bonds. The molecule has 4 atom stereocenters. The van der Waals surface area contributed by atoms with Crippen molar-refractivity contribution in [3.05, 3.63) is 0 Å². The molecular weight excluding hydrogens is 204 g/mol. The largest absolute Gasteiger partial charge is 0.326 e. The van der Waals surface area contributed by atoms with Gasteiger partial charge in [0.1, 0.15) is 0 Å². The van der Waals surface area contributed by atoms with Gasteiger partial charge in [0.25, 0.3) is 0 Å². The number of rotatable bonds is 1. The topological polar surface area (TPSA) is 63.4 Å². The van der Waals surface area contributed by atoms with Crippen LogP contribution in [0.2, 0.25) is 0 Å². The molecule has 0 radical (unpaired) electrons. The molecular formula is C12H18N2O2. The van der Waals surface area contributed by atoms with E-state index >= 15 is 0 Å². The Bertz CT molecular complexity index is 322. The van der Waals surface area contributed by atoms with Crippen LogP contribution in [0.4, 0.5) is 0 Å². The summed E-state index contributed by atoms with van der Waals surface area (Å²) in [5.74, 6) is 0.139. The number of amides is 2. The fraction of sp³-hybridized carbons (Fsp3) is 0.833. The molecule has 3 rings (SSSR count). The second-order valence-electron chi connectivity index (χ2n) is 5.36. The van der Waals surface area contributed by atoms with Crippen molar-refractivity contribution in [2.24, 2.45) is 17.6 Å². The third-order valence-corrected chi connectivity index (χ3v) is 4.26. The molecule has 2 saturated carbocycles. The lowest BCUT2D eigenvalue weighted by Crippen LogP contribution is -2.51. The summed E-state index contributed by atoms with van der Waals surface area (Å²) in [4.78, 5) is 25.4. The minimum atomic E-state index is -0.0182. The Morgan fingerprint density at radius 1 is 1.00 bits per heavy atom. The van der Waals surface area contributed by atoms with Gasteiger partial charge < -0.3 is 5.73 Å². The average Bonchev–Trinajstić information content (AvgIpc) is 3.01. The van der Waals surface area contributed by atoms with Crippen LogP contribution in [0.5, 0.6) is 0 Å². The fourth-order valence-corrected chi connectivity index (χ4v) is 3.17. The molecule has 0 aromatic heterocycles. The number of fused-ring (bicyclic) bond motifs is 1. The zero-order valence-corrected chi connectivity index (χ0v) is 9.39. The first kappa shape index (κ1) is 10.3. The molecule has 0 aromatic carbocycles. The van der Waals surface area contributed by atoms with E-state index in [1.807, 2.05) is 0 Å². The molecule has 0 spiro atoms. The summed E-state index contributed by atoms with van der Waals surface area (Å²) in [6.45, 7) is 0. The summed E-state index contributed by atoms with van der Waals surface area (Å²) in [5.41, 5.74) is 6.10. The molecule has 88 valence electrons. The zero-order valence-electron chi connectivity index (χ0n) is 9.39. The number of imide groups is 1. The standard InChI is InChI=1S/C12H18N2O2/c13-9-4-2-1-3-5-10(9)14-11(15)7-6-8(7)12(14)16/h7-10H,1-6,13H2. The Morgan fingerprint density at radius 2 is 1.62 bits per heavy atom. The maximum atomic E-state index is 12.0. The Morgan fingerprint density at radius 3 is 2.31 bits per heavy atom. The van der Waals surface area contributed by atoms with Gasteiger partial charge in [-0.3, -0.25) is 14.5 Å². The average molecular weight is 222 g/mol. The van der Waals surface area contributed by atoms with Crippen molar-refractivity contribution >= 4 is 11.8 Å². The van der Waals surface area contributed by atoms with Gasteiger partial charge in [-0.15, -0.1) is 0 Å². The normalized spacial score (nSPS) is 43.2. The monoisotopic (exact) mass is 222 g/mol. The van der Waals surface area contributed by atoms with E-state index in [-0.39, 0.29) is 35.7 Å². The quantitative estimate of drug-likeness (QED) is 0.523. The summed E-state index contributed by atoms with van der Waals surface area (Å²) < 4.78 is 0. The Labute approximate surface area is 95.2 Å². The number of nitrogens with zero attached hydrogens (tertiary/aromatic N) is 1. The SMILES string of the molecule is NC1CCCCCC1N1C(=O)C2CC2C1=O. The smallest absolute Gasteiger partial charge is 0.233 e. The van der Waals surface area contributed by atoms with Gasteiger partial charge in [0.15, 0.2) is 0 Å². The highest BCUT2D eigenvalue weighted by Gasteiger charge is 2.60. The van der Waals surface area contributed by atoms with Crippen LogP contribution in [-0.4, -0.2) is 28.8 Å². The van der Waals surface area contributed by atoms with Crippen molar-refractivity contribution in [3.63, 3.8) is 0 Å². The minimum absolute atomic E-state index is 0.00657. The Balaban J connectivity index is 1.80. The molecule has 2 aliphatic carbocycles. The molecule has 3 aliphatic rings. The van der Waals surface area contributed by atoms with E-state index in [1.165, 1.54) is 11.3 Å². The van der Waals surface area contributed by atoms with E-state index in [4.69, 9.17) is 5.73 Å². The number of hydrogen-bond acceptors (Lipinski definition) is 3. The molecule has 0 aromatic rings. The van der Waals surface area contributed by atoms with E-state index in [0.717, 1.165) is 32.1 Å². The lowest BCUT2D eigenvalue weighted by atomic mass is 10.0. The highest BCUT2D eigenvalue weighted by Crippen LogP contribution is 2.48. The summed E-state index contributed by atoms with van der Waals surface area (Å²) in [5, 5.41) is 0. The molecule has 2 N–H and O–H groups in total. The summed E-state index contributed by atoms with van der Waals surface area (Å²) in [6.07, 6.45) is 6.02. The number of carbonyl (C=O) groups is 2. The number of nitrogens with two attached hydrogens (primary N) is 1. The van der Waals surface area contributed by atoms with Crippen molar-refractivity contribution < 1.29 is 9.59 Å². The van der Waals surface area contributed by atoms with Crippen molar-refractivity contribution in [1.82, 2.24) is 4.90 Å². The van der Waals surface area contributed by atoms with E-state index in [9.17, 15) is 9.59 Å². The van der Waals surface area contributed by atoms with Gasteiger partial charge in [-0.25, -0.2) is 0 Å². The molecule has 1 aliphatic heterocycles. The number of hydrogen-bond donors (Lipinski definition) is 1. The van der Waals surface area contributed by atoms with Crippen molar-refractivity contribution in [2.45, 2.75) is 50.6 Å². The molecule has 4 unspecified atom stereocenters. The summed E-state index contributed by atoms with van der Waals surface area (Å²) in [6, 6.07) is -0.0248. The second-order valence-corrected chi connectivity index (χ2v) is 5.36. The minimum Gasteiger partial charge on any atom is -0.326 e. The van der Waals surface area contributed by atoms with Crippen molar-refractivity contribution in [3.8, 4) is 0 Å². The van der Waals surface area contributed by atoms with Crippen LogP contribution in [0.15, 0.2) is 0 Å². The molecule has 16 heavy (non-hydrogen) atoms. The fourth-order valence-electron chi connectivity index (χ4n) is 3.17. The lowest BCUT2D eigenvalue weighted by molar-refractivity contribution is -0.144. The van der Waals surface area contributed by atoms with Gasteiger partial charge in [-0.05, 0) is 19.3 Å². The van der Waals surface area contributed by atoms with Crippen LogP contribution in [0.25, 0.3) is 0 Å². The van der Waals surface area contributed by atoms with Crippen molar-refractivity contribution in [1.29, 1.82) is 0 Å². The van der Waals surface area contributed by atoms with Gasteiger partial charge in [-0.2, -0.15) is 0 Å². The van der Waals surface area contributed by atoms with Crippen LogP contribution >= 0.6 is 0 Å². The number of carbonyl (C=O) groups excluding carboxylic acids is 2. The van der Waals surface area contributed by atoms with Gasteiger partial charge in [-0.1, -0.05) is 19.3 Å². The molecule has 3 fully saturated rings. The molecule has 1 heterocycles. The Kier molecular flexibility index (Phi) is 2.28. The van der Waals surface area contributed by atoms with Crippen LogP contribution in [0.1, 0.15) is 38.5 Å². The first-order valence-electron chi connectivity index (χ1n) is 6.32. The molecule has 1 saturated heterocycles. The zero-order chi connectivity index (χ0) is 11.3. The van der Waals surface area contributed by atoms with E-state index in [1.54, 1.807) is 0 Å². The first-order chi connectivity index (χ1) is 7.70. The van der Waals surface area contributed by atoms with Crippen LogP contribution in [0.3, 0.4) is 0 Å². The van der Waals surface area contributed by atoms with Gasteiger partial charge in [0, 0.05) is 6.04 Å². The molecule has 0 bridgehead atoms. The Hall–Kier alpha value is -0.900. The third-order valence-electron chi connectivity index (χ3n) is 4.26. The number of likely N-dealkylation sites (tertiary alicyclic amines) is 1. The van der Waals surface area contributed by atoms with Crippen LogP contribution in [-0.2, 0) is 9.59 Å². The van der Waals surface area contributed by atoms with Gasteiger partial charge >= 0.3 is 0 Å². The first-order valence-corrected chi connectivity index (χ1v) is 6.32. The summed E-state index contributed by atoms with van der Waals surface area (Å²) >= 11 is 0. The maximum Gasteiger partial charge on any atom is 0.233 e. The van der Waals surface area contributed by atoms with Gasteiger partial charge in [0.2, 0.25) is 11.8 Å². The van der Waals surface area contributed by atoms with Crippen LogP contribution < -0.4 is 5.73 Å². The van der Waals surface area contributed by atoms with E-state index in [2.05, 4.69) is 0 Å². The second kappa shape index (κ2) is 3.55. The lowest BCUT2D eigenvalue weighted by Gasteiger charge is -2.30.